The molecule has 0 bridgehead atoms. The van der Waals surface area contributed by atoms with E-state index in [2.05, 4.69) is 9.97 Å². The van der Waals surface area contributed by atoms with Gasteiger partial charge in [0, 0.05) is 16.7 Å². The van der Waals surface area contributed by atoms with Crippen LogP contribution in [-0.4, -0.2) is 9.97 Å². The predicted octanol–water partition coefficient (Wildman–Crippen LogP) is 7.41. The molecule has 1 aliphatic carbocycles. The fourth-order valence-corrected chi connectivity index (χ4v) is 4.16. The van der Waals surface area contributed by atoms with Gasteiger partial charge in [-0.05, 0) is 0 Å². The molecule has 5 nitrogen and oxygen atoms in total. The normalized spacial score (nSPS) is 16.0. The minimum absolute atomic E-state index is 0.801. The lowest BCUT2D eigenvalue weighted by Crippen LogP contribution is -2.17. The van der Waals surface area contributed by atoms with Gasteiger partial charge in [-0.2, -0.15) is 56.5 Å². The van der Waals surface area contributed by atoms with E-state index < -0.39 is 132 Å². The van der Waals surface area contributed by atoms with E-state index in [1.165, 1.54) is 0 Å². The second-order valence-electron chi connectivity index (χ2n) is 8.48. The minimum Gasteiger partial charge on any atom is -0.203 e. The number of nitrogens with zero attached hydrogens (tertiary/aromatic N) is 5. The highest BCUT2D eigenvalue weighted by atomic mass is 19.4. The summed E-state index contributed by atoms with van der Waals surface area (Å²) >= 11 is 0. The number of hydrogen-bond acceptors (Lipinski definition) is 5. The Morgan fingerprint density at radius 1 is 0.413 bits per heavy atom. The molecule has 1 aliphatic rings. The highest BCUT2D eigenvalue weighted by Crippen LogP contribution is 2.57. The Morgan fingerprint density at radius 2 is 0.652 bits per heavy atom. The molecule has 0 unspecified atom stereocenters. The summed E-state index contributed by atoms with van der Waals surface area (Å²) in [5.74, 6) is -32.3. The monoisotopic (exact) mass is 667 g/mol. The SMILES string of the molecule is N#CC(=C1C(=C(/C#N)c2c(F)c(F)nc(F)c2F)/C1=C(/C#N)c1c(F)c(F)nc(F)c1F)c1c(F)c(F)c(C(F)(F)F)c(F)c1F. The average Bonchev–Trinajstić information content (AvgIpc) is 3.69. The average molecular weight is 667 g/mol. The topological polar surface area (TPSA) is 97.1 Å². The van der Waals surface area contributed by atoms with Crippen LogP contribution in [0.1, 0.15) is 22.3 Å². The van der Waals surface area contributed by atoms with Crippen LogP contribution in [0.2, 0.25) is 0 Å². The molecule has 2 aromatic heterocycles. The molecule has 1 saturated carbocycles. The highest BCUT2D eigenvalue weighted by molar-refractivity contribution is 6.12. The molecule has 0 atom stereocenters. The van der Waals surface area contributed by atoms with Gasteiger partial charge in [-0.25, -0.2) is 35.1 Å². The second kappa shape index (κ2) is 11.3. The van der Waals surface area contributed by atoms with Crippen LogP contribution in [0.5, 0.6) is 0 Å². The molecule has 0 amide bonds. The number of nitriles is 3. The van der Waals surface area contributed by atoms with Crippen LogP contribution in [-0.2, 0) is 6.18 Å². The maximum Gasteiger partial charge on any atom is 0.422 e. The summed E-state index contributed by atoms with van der Waals surface area (Å²) < 4.78 is 212. The maximum atomic E-state index is 14.9. The zero-order valence-electron chi connectivity index (χ0n) is 20.9. The number of benzene rings is 1. The Labute approximate surface area is 242 Å². The van der Waals surface area contributed by atoms with Crippen molar-refractivity contribution in [1.29, 1.82) is 15.8 Å². The van der Waals surface area contributed by atoms with Crippen molar-refractivity contribution in [3.8, 4) is 18.2 Å². The molecule has 234 valence electrons. The van der Waals surface area contributed by atoms with Crippen LogP contribution in [0.4, 0.5) is 65.9 Å². The molecule has 2 heterocycles. The number of alkyl halides is 3. The van der Waals surface area contributed by atoms with Crippen molar-refractivity contribution in [2.45, 2.75) is 6.18 Å². The Morgan fingerprint density at radius 3 is 0.870 bits per heavy atom. The number of allylic oxidation sites excluding steroid dienone is 6. The Balaban J connectivity index is 2.34. The zero-order chi connectivity index (χ0) is 34.7. The Kier molecular flexibility index (Phi) is 8.09. The van der Waals surface area contributed by atoms with Crippen molar-refractivity contribution in [2.75, 3.05) is 0 Å². The van der Waals surface area contributed by atoms with Crippen molar-refractivity contribution in [2.24, 2.45) is 0 Å². The molecule has 1 aromatic carbocycles. The van der Waals surface area contributed by atoms with Crippen molar-refractivity contribution < 1.29 is 65.9 Å². The Bertz CT molecular complexity index is 1960. The number of rotatable bonds is 3. The summed E-state index contributed by atoms with van der Waals surface area (Å²) in [5, 5.41) is 28.9. The summed E-state index contributed by atoms with van der Waals surface area (Å²) in [5.41, 5.74) is -19.9. The third-order valence-corrected chi connectivity index (χ3v) is 6.06. The molecular weight excluding hydrogens is 667 g/mol. The van der Waals surface area contributed by atoms with E-state index in [1.54, 1.807) is 0 Å². The van der Waals surface area contributed by atoms with Gasteiger partial charge < -0.3 is 0 Å². The molecule has 3 aromatic rings. The van der Waals surface area contributed by atoms with Gasteiger partial charge in [0.05, 0.1) is 33.4 Å². The molecule has 0 aliphatic heterocycles. The van der Waals surface area contributed by atoms with Gasteiger partial charge in [0.2, 0.25) is 0 Å². The van der Waals surface area contributed by atoms with Gasteiger partial charge in [-0.1, -0.05) is 0 Å². The van der Waals surface area contributed by atoms with E-state index in [1.807, 2.05) is 0 Å². The number of aromatic nitrogens is 2. The van der Waals surface area contributed by atoms with Gasteiger partial charge in [0.1, 0.15) is 23.8 Å². The van der Waals surface area contributed by atoms with Crippen molar-refractivity contribution in [3.05, 3.63) is 109 Å². The standard InChI is InChI=1S/C26F15N5/c27-14-10(15(28)21(34)13(20(14)33)26(39,40)41)4(1-42)7-8(5(2-43)11-16(29)22(35)45-23(36)17(11)30)9(7)6(3-44)12-18(31)24(37)46-25(38)19(12)32/b7-4?,8-5-,9-6+. The van der Waals surface area contributed by atoms with E-state index in [-0.39, 0.29) is 0 Å². The van der Waals surface area contributed by atoms with Gasteiger partial charge in [0.15, 0.2) is 46.5 Å². The van der Waals surface area contributed by atoms with Crippen LogP contribution < -0.4 is 0 Å². The summed E-state index contributed by atoms with van der Waals surface area (Å²) in [6.45, 7) is 0. The molecule has 0 spiro atoms. The summed E-state index contributed by atoms with van der Waals surface area (Å²) in [6.07, 6.45) is -6.11. The van der Waals surface area contributed by atoms with Crippen LogP contribution in [0, 0.1) is 104 Å². The minimum atomic E-state index is -6.11. The number of hydrogen-bond donors (Lipinski definition) is 0. The van der Waals surface area contributed by atoms with Gasteiger partial charge in [-0.15, -0.1) is 0 Å². The third-order valence-electron chi connectivity index (χ3n) is 6.06. The van der Waals surface area contributed by atoms with E-state index in [0.717, 1.165) is 18.2 Å². The predicted molar refractivity (Wildman–Crippen MR) is 117 cm³/mol. The lowest BCUT2D eigenvalue weighted by atomic mass is 9.99. The van der Waals surface area contributed by atoms with Crippen LogP contribution in [0.3, 0.4) is 0 Å². The van der Waals surface area contributed by atoms with Crippen molar-refractivity contribution in [1.82, 2.24) is 9.97 Å². The lowest BCUT2D eigenvalue weighted by molar-refractivity contribution is -0.143. The summed E-state index contributed by atoms with van der Waals surface area (Å²) in [4.78, 5) is 4.34. The fourth-order valence-electron chi connectivity index (χ4n) is 4.16. The molecule has 0 radical (unpaired) electrons. The first kappa shape index (κ1) is 33.1. The first-order valence-corrected chi connectivity index (χ1v) is 11.1. The number of halogens is 15. The lowest BCUT2D eigenvalue weighted by Gasteiger charge is -2.13. The smallest absolute Gasteiger partial charge is 0.203 e. The van der Waals surface area contributed by atoms with Gasteiger partial charge in [0.25, 0.3) is 23.8 Å². The molecule has 4 rings (SSSR count). The van der Waals surface area contributed by atoms with E-state index in [0.29, 0.717) is 0 Å². The first-order valence-electron chi connectivity index (χ1n) is 11.1. The molecular formula is C26F15N5. The van der Waals surface area contributed by atoms with Crippen LogP contribution in [0.25, 0.3) is 16.7 Å². The molecule has 46 heavy (non-hydrogen) atoms. The summed E-state index contributed by atoms with van der Waals surface area (Å²) in [6, 6.07) is 2.58. The van der Waals surface area contributed by atoms with E-state index >= 15 is 0 Å². The fraction of sp³-hybridized carbons (Fsp3) is 0.0385. The van der Waals surface area contributed by atoms with Crippen LogP contribution in [0.15, 0.2) is 16.7 Å². The van der Waals surface area contributed by atoms with Gasteiger partial charge in [-0.3, -0.25) is 0 Å². The largest absolute Gasteiger partial charge is 0.422 e. The van der Waals surface area contributed by atoms with Crippen LogP contribution >= 0.6 is 0 Å². The quantitative estimate of drug-likeness (QED) is 0.126. The molecule has 1 fully saturated rings. The number of pyridine rings is 2. The maximum absolute atomic E-state index is 14.9. The van der Waals surface area contributed by atoms with Crippen molar-refractivity contribution in [3.63, 3.8) is 0 Å². The zero-order valence-corrected chi connectivity index (χ0v) is 20.9. The summed E-state index contributed by atoms with van der Waals surface area (Å²) in [7, 11) is 0. The van der Waals surface area contributed by atoms with Crippen molar-refractivity contribution >= 4 is 16.7 Å². The van der Waals surface area contributed by atoms with E-state index in [4.69, 9.17) is 0 Å². The third kappa shape index (κ3) is 4.86. The molecule has 0 N–H and O–H groups in total. The second-order valence-corrected chi connectivity index (χ2v) is 8.48. The van der Waals surface area contributed by atoms with E-state index in [9.17, 15) is 81.6 Å². The molecule has 20 heteroatoms. The Hall–Kier alpha value is -5.84. The first-order chi connectivity index (χ1) is 21.4. The van der Waals surface area contributed by atoms with Gasteiger partial charge >= 0.3 is 6.18 Å². The highest BCUT2D eigenvalue weighted by Gasteiger charge is 2.47. The molecule has 0 saturated heterocycles.